The van der Waals surface area contributed by atoms with Gasteiger partial charge in [-0.05, 0) is 80.5 Å². The molecule has 1 atom stereocenters. The summed E-state index contributed by atoms with van der Waals surface area (Å²) in [5.41, 5.74) is 8.36. The topological polar surface area (TPSA) is 27.6 Å². The lowest BCUT2D eigenvalue weighted by atomic mass is 9.94. The molecule has 0 amide bonds. The maximum Gasteiger partial charge on any atom is 0.0485 e. The number of unbranched alkanes of at least 4 members (excludes halogenated alkanes) is 4. The number of hydrogen-bond donors (Lipinski definition) is 1. The largest absolute Gasteiger partial charge is 0.383 e. The van der Waals surface area contributed by atoms with E-state index in [-0.39, 0.29) is 6.04 Å². The van der Waals surface area contributed by atoms with E-state index in [1.807, 2.05) is 13.3 Å². The van der Waals surface area contributed by atoms with E-state index in [2.05, 4.69) is 119 Å². The van der Waals surface area contributed by atoms with E-state index in [4.69, 9.17) is 0 Å². The van der Waals surface area contributed by atoms with Crippen molar-refractivity contribution in [3.63, 3.8) is 0 Å². The fourth-order valence-corrected chi connectivity index (χ4v) is 4.21. The third-order valence-electron chi connectivity index (χ3n) is 6.09. The summed E-state index contributed by atoms with van der Waals surface area (Å²) >= 11 is 0. The summed E-state index contributed by atoms with van der Waals surface area (Å²) in [5.74, 6) is 0. The third kappa shape index (κ3) is 11.4. The van der Waals surface area contributed by atoms with E-state index in [1.165, 1.54) is 60.0 Å². The molecular weight excluding hydrogens is 426 g/mol. The lowest BCUT2D eigenvalue weighted by molar-refractivity contribution is 0.559. The van der Waals surface area contributed by atoms with Crippen LogP contribution in [0.4, 0.5) is 0 Å². The number of nitrogens with zero attached hydrogens (tertiary/aromatic N) is 2. The lowest BCUT2D eigenvalue weighted by Gasteiger charge is -2.21. The first-order chi connectivity index (χ1) is 16.7. The summed E-state index contributed by atoms with van der Waals surface area (Å²) in [6.45, 7) is 15.2. The van der Waals surface area contributed by atoms with Crippen molar-refractivity contribution in [2.75, 3.05) is 21.1 Å². The van der Waals surface area contributed by atoms with Gasteiger partial charge in [0.1, 0.15) is 0 Å². The van der Waals surface area contributed by atoms with Crippen molar-refractivity contribution in [3.05, 3.63) is 94.4 Å². The Morgan fingerprint density at radius 3 is 2.49 bits per heavy atom. The molecule has 0 fully saturated rings. The molecule has 0 heterocycles. The molecule has 0 saturated heterocycles. The van der Waals surface area contributed by atoms with Gasteiger partial charge >= 0.3 is 0 Å². The summed E-state index contributed by atoms with van der Waals surface area (Å²) in [5, 5.41) is 3.62. The highest BCUT2D eigenvalue weighted by Crippen LogP contribution is 2.26. The minimum absolute atomic E-state index is 0.182. The molecule has 0 aliphatic heterocycles. The highest BCUT2D eigenvalue weighted by Gasteiger charge is 2.12. The summed E-state index contributed by atoms with van der Waals surface area (Å²) in [7, 11) is 5.99. The second kappa shape index (κ2) is 16.8. The smallest absolute Gasteiger partial charge is 0.0485 e. The van der Waals surface area contributed by atoms with Crippen LogP contribution in [0.15, 0.2) is 88.3 Å². The fraction of sp³-hybridized carbons (Fsp3) is 0.469. The van der Waals surface area contributed by atoms with E-state index < -0.39 is 0 Å². The van der Waals surface area contributed by atoms with Crippen molar-refractivity contribution in [1.29, 1.82) is 0 Å². The van der Waals surface area contributed by atoms with E-state index in [0.717, 1.165) is 17.7 Å². The predicted octanol–water partition coefficient (Wildman–Crippen LogP) is 8.48. The van der Waals surface area contributed by atoms with Crippen molar-refractivity contribution in [2.45, 2.75) is 79.2 Å². The zero-order valence-electron chi connectivity index (χ0n) is 23.6. The van der Waals surface area contributed by atoms with E-state index in [0.29, 0.717) is 0 Å². The van der Waals surface area contributed by atoms with Gasteiger partial charge in [-0.1, -0.05) is 75.1 Å². The van der Waals surface area contributed by atoms with Crippen LogP contribution in [0.1, 0.15) is 83.4 Å². The Balaban J connectivity index is 3.15. The zero-order chi connectivity index (χ0) is 26.2. The molecule has 1 aromatic rings. The first-order valence-electron chi connectivity index (χ1n) is 13.1. The van der Waals surface area contributed by atoms with Gasteiger partial charge in [-0.2, -0.15) is 0 Å². The average molecular weight is 476 g/mol. The number of aryl methyl sites for hydroxylation is 1. The summed E-state index contributed by atoms with van der Waals surface area (Å²) < 4.78 is 0. The average Bonchev–Trinajstić information content (AvgIpc) is 2.80. The van der Waals surface area contributed by atoms with Crippen LogP contribution in [0.3, 0.4) is 0 Å². The van der Waals surface area contributed by atoms with Crippen LogP contribution in [-0.4, -0.2) is 32.3 Å². The standard InChI is InChI=1S/C32H49N3/c1-10-12-13-14-15-18-29(20-21-33-7)31(24-35(8)9)23-26(4)32(11-2)28(6)34-27(5)30-19-16-17-25(3)22-30/h11,16-17,19-24,27,34H,6,10,12-15,18H2,1-5,7-9H3/b26-23+,29-20+,31-24+,32-11+,33-21-. The SMILES string of the molecule is C=C(NC(C)c1cccc(C)c1)C(=C/C)/C(C)=C/C(=C\N(C)C)C(=C/C=N\C)/CCCCCCC. The molecule has 3 nitrogen and oxygen atoms in total. The molecule has 3 heteroatoms. The minimum atomic E-state index is 0.182. The first-order valence-corrected chi connectivity index (χ1v) is 13.1. The Morgan fingerprint density at radius 2 is 1.89 bits per heavy atom. The summed E-state index contributed by atoms with van der Waals surface area (Å²) in [4.78, 5) is 6.34. The van der Waals surface area contributed by atoms with Crippen LogP contribution < -0.4 is 5.32 Å². The van der Waals surface area contributed by atoms with Gasteiger partial charge in [0, 0.05) is 45.3 Å². The Bertz CT molecular complexity index is 941. The predicted molar refractivity (Wildman–Crippen MR) is 157 cm³/mol. The van der Waals surface area contributed by atoms with Gasteiger partial charge in [-0.25, -0.2) is 0 Å². The van der Waals surface area contributed by atoms with Crippen molar-refractivity contribution in [2.24, 2.45) is 4.99 Å². The van der Waals surface area contributed by atoms with Gasteiger partial charge < -0.3 is 10.2 Å². The van der Waals surface area contributed by atoms with Crippen LogP contribution in [0.5, 0.6) is 0 Å². The number of allylic oxidation sites excluding steroid dienone is 6. The molecule has 1 N–H and O–H groups in total. The second-order valence-electron chi connectivity index (χ2n) is 9.60. The molecule has 1 aromatic carbocycles. The maximum absolute atomic E-state index is 4.39. The van der Waals surface area contributed by atoms with Gasteiger partial charge in [-0.15, -0.1) is 0 Å². The first kappa shape index (κ1) is 30.2. The number of hydrogen-bond acceptors (Lipinski definition) is 3. The second-order valence-corrected chi connectivity index (χ2v) is 9.60. The van der Waals surface area contributed by atoms with Gasteiger partial charge in [0.15, 0.2) is 0 Å². The lowest BCUT2D eigenvalue weighted by Crippen LogP contribution is -2.19. The molecule has 192 valence electrons. The monoisotopic (exact) mass is 475 g/mol. The van der Waals surface area contributed by atoms with Crippen LogP contribution in [0.25, 0.3) is 0 Å². The van der Waals surface area contributed by atoms with E-state index in [1.54, 1.807) is 0 Å². The molecule has 1 rings (SSSR count). The van der Waals surface area contributed by atoms with Crippen molar-refractivity contribution in [1.82, 2.24) is 10.2 Å². The third-order valence-corrected chi connectivity index (χ3v) is 6.09. The Kier molecular flexibility index (Phi) is 14.5. The van der Waals surface area contributed by atoms with Gasteiger partial charge in [0.05, 0.1) is 0 Å². The van der Waals surface area contributed by atoms with Gasteiger partial charge in [0.2, 0.25) is 0 Å². The Labute approximate surface area is 216 Å². The van der Waals surface area contributed by atoms with Gasteiger partial charge in [-0.3, -0.25) is 4.99 Å². The van der Waals surface area contributed by atoms with Crippen molar-refractivity contribution >= 4 is 6.21 Å². The number of benzene rings is 1. The molecule has 0 aromatic heterocycles. The molecule has 0 aliphatic carbocycles. The molecule has 0 bridgehead atoms. The minimum Gasteiger partial charge on any atom is -0.383 e. The van der Waals surface area contributed by atoms with Gasteiger partial charge in [0.25, 0.3) is 0 Å². The number of rotatable bonds is 15. The highest BCUT2D eigenvalue weighted by molar-refractivity contribution is 5.74. The molecule has 35 heavy (non-hydrogen) atoms. The summed E-state index contributed by atoms with van der Waals surface area (Å²) in [6.07, 6.45) is 18.1. The Morgan fingerprint density at radius 1 is 1.17 bits per heavy atom. The van der Waals surface area contributed by atoms with Crippen LogP contribution in [-0.2, 0) is 0 Å². The van der Waals surface area contributed by atoms with Crippen LogP contribution in [0, 0.1) is 6.92 Å². The van der Waals surface area contributed by atoms with E-state index >= 15 is 0 Å². The van der Waals surface area contributed by atoms with Crippen LogP contribution in [0.2, 0.25) is 0 Å². The van der Waals surface area contributed by atoms with Crippen molar-refractivity contribution in [3.8, 4) is 0 Å². The van der Waals surface area contributed by atoms with Crippen LogP contribution >= 0.6 is 0 Å². The Hall–Kier alpha value is -2.81. The number of nitrogens with one attached hydrogen (secondary N) is 1. The molecule has 0 radical (unpaired) electrons. The molecular formula is C32H49N3. The molecule has 1 unspecified atom stereocenters. The zero-order valence-corrected chi connectivity index (χ0v) is 23.6. The molecule has 0 spiro atoms. The van der Waals surface area contributed by atoms with E-state index in [9.17, 15) is 0 Å². The number of aliphatic imine (C=N–C) groups is 1. The maximum atomic E-state index is 4.39. The fourth-order valence-electron chi connectivity index (χ4n) is 4.21. The summed E-state index contributed by atoms with van der Waals surface area (Å²) in [6, 6.07) is 8.82. The normalized spacial score (nSPS) is 14.4. The molecule has 0 aliphatic rings. The quantitative estimate of drug-likeness (QED) is 0.156. The molecule has 0 saturated carbocycles. The highest BCUT2D eigenvalue weighted by atomic mass is 15.0. The van der Waals surface area contributed by atoms with Crippen molar-refractivity contribution < 1.29 is 0 Å².